The van der Waals surface area contributed by atoms with Gasteiger partial charge in [0, 0.05) is 18.6 Å². The second-order valence-corrected chi connectivity index (χ2v) is 1.50. The van der Waals surface area contributed by atoms with Crippen LogP contribution in [0.3, 0.4) is 0 Å². The van der Waals surface area contributed by atoms with Crippen LogP contribution in [-0.2, 0) is 18.6 Å². The maximum Gasteiger partial charge on any atom is 0.0787 e. The van der Waals surface area contributed by atoms with E-state index in [1.807, 2.05) is 20.8 Å². The van der Waals surface area contributed by atoms with Crippen LogP contribution in [0.5, 0.6) is 0 Å². The molecule has 0 heterocycles. The summed E-state index contributed by atoms with van der Waals surface area (Å²) in [6.07, 6.45) is 0.931. The molecule has 0 aromatic carbocycles. The first kappa shape index (κ1) is 23.0. The number of nitrogens with zero attached hydrogens (tertiary/aromatic N) is 1. The quantitative estimate of drug-likeness (QED) is 0.719. The Labute approximate surface area is 94.2 Å². The molecule has 1 atom stereocenters. The van der Waals surface area contributed by atoms with E-state index in [0.29, 0.717) is 6.54 Å². The van der Waals surface area contributed by atoms with E-state index in [9.17, 15) is 4.39 Å². The van der Waals surface area contributed by atoms with Gasteiger partial charge in [0.2, 0.25) is 0 Å². The molecule has 0 aliphatic heterocycles. The molecule has 4 heteroatoms. The fraction of sp³-hybridized carbons (Fsp3) is 1.00. The van der Waals surface area contributed by atoms with E-state index >= 15 is 0 Å². The Morgan fingerprint density at radius 2 is 1.67 bits per heavy atom. The van der Waals surface area contributed by atoms with Crippen molar-refractivity contribution in [3.63, 3.8) is 0 Å². The molecule has 0 aliphatic carbocycles. The summed E-state index contributed by atoms with van der Waals surface area (Å²) in [4.78, 5) is 0. The Kier molecular flexibility index (Phi) is 57.1. The third-order valence-corrected chi connectivity index (χ3v) is 0.604. The Hall–Kier alpha value is 0.824. The summed E-state index contributed by atoms with van der Waals surface area (Å²) in [5.74, 6) is 0. The molecular formula is C8H21FNSV-. The first-order valence-corrected chi connectivity index (χ1v) is 4.89. The van der Waals surface area contributed by atoms with Gasteiger partial charge in [-0.1, -0.05) is 20.8 Å². The summed E-state index contributed by atoms with van der Waals surface area (Å²) in [6.45, 7) is 8.51. The van der Waals surface area contributed by atoms with Crippen LogP contribution < -0.4 is 0 Å². The molecule has 12 heavy (non-hydrogen) atoms. The maximum absolute atomic E-state index is 11.8. The van der Waals surface area contributed by atoms with E-state index in [2.05, 4.69) is 17.9 Å². The van der Waals surface area contributed by atoms with E-state index in [0.717, 1.165) is 6.54 Å². The van der Waals surface area contributed by atoms with Crippen LogP contribution in [-0.4, -0.2) is 25.5 Å². The number of alkyl halides is 1. The van der Waals surface area contributed by atoms with Crippen molar-refractivity contribution in [1.82, 2.24) is 0 Å². The number of thiol groups is 1. The molecule has 0 spiro atoms. The molecule has 77 valence electrons. The van der Waals surface area contributed by atoms with Crippen molar-refractivity contribution in [3.05, 3.63) is 5.32 Å². The Morgan fingerprint density at radius 1 is 1.33 bits per heavy atom. The molecule has 0 saturated carbocycles. The van der Waals surface area contributed by atoms with Gasteiger partial charge in [0.05, 0.1) is 6.17 Å². The van der Waals surface area contributed by atoms with Gasteiger partial charge < -0.3 is 5.32 Å². The molecular weight excluding hydrogens is 212 g/mol. The zero-order chi connectivity index (χ0) is 9.70. The van der Waals surface area contributed by atoms with Crippen LogP contribution in [0.2, 0.25) is 0 Å². The van der Waals surface area contributed by atoms with Gasteiger partial charge in [0.1, 0.15) is 0 Å². The SMILES string of the molecule is CC.CC[N-]CC(C)F.CS.[V]. The summed E-state index contributed by atoms with van der Waals surface area (Å²) in [6, 6.07) is 0. The van der Waals surface area contributed by atoms with Crippen molar-refractivity contribution in [2.24, 2.45) is 0 Å². The van der Waals surface area contributed by atoms with Gasteiger partial charge in [-0.25, -0.2) is 4.39 Å². The fourth-order valence-corrected chi connectivity index (χ4v) is 0.307. The summed E-state index contributed by atoms with van der Waals surface area (Å²) < 4.78 is 11.8. The number of halogens is 1. The molecule has 1 radical (unpaired) electrons. The largest absolute Gasteiger partial charge is 0.660 e. The third kappa shape index (κ3) is 44.9. The van der Waals surface area contributed by atoms with E-state index < -0.39 is 6.17 Å². The summed E-state index contributed by atoms with van der Waals surface area (Å²) >= 11 is 3.53. The standard InChI is InChI=1S/C5H11FN.C2H6.CH4S.V/c1-3-7-4-5(2)6;2*1-2;/h5H,3-4H2,1-2H3;1-2H3;2H,1H3;/q-1;;;. The van der Waals surface area contributed by atoms with Crippen molar-refractivity contribution in [3.8, 4) is 0 Å². The Balaban J connectivity index is -0.0000000560. The van der Waals surface area contributed by atoms with Gasteiger partial charge in [-0.2, -0.15) is 19.2 Å². The van der Waals surface area contributed by atoms with E-state index in [1.165, 1.54) is 6.92 Å². The monoisotopic (exact) mass is 233 g/mol. The second-order valence-electron chi connectivity index (χ2n) is 1.50. The predicted octanol–water partition coefficient (Wildman–Crippen LogP) is 3.31. The molecule has 0 N–H and O–H groups in total. The zero-order valence-corrected chi connectivity index (χ0v) is 11.0. The maximum atomic E-state index is 11.8. The zero-order valence-electron chi connectivity index (χ0n) is 8.71. The van der Waals surface area contributed by atoms with Gasteiger partial charge in [-0.05, 0) is 13.2 Å². The molecule has 0 bridgehead atoms. The van der Waals surface area contributed by atoms with Crippen LogP contribution in [0.4, 0.5) is 4.39 Å². The minimum atomic E-state index is -0.764. The molecule has 0 saturated heterocycles. The van der Waals surface area contributed by atoms with E-state index in [4.69, 9.17) is 0 Å². The third-order valence-electron chi connectivity index (χ3n) is 0.604. The first-order valence-electron chi connectivity index (χ1n) is 3.99. The Bertz CT molecular complexity index is 48.0. The van der Waals surface area contributed by atoms with Crippen LogP contribution in [0, 0.1) is 0 Å². The average Bonchev–Trinajstić information content (AvgIpc) is 2.08. The summed E-state index contributed by atoms with van der Waals surface area (Å²) in [5, 5.41) is 3.80. The number of rotatable bonds is 3. The van der Waals surface area contributed by atoms with Gasteiger partial charge in [-0.3, -0.25) is 0 Å². The van der Waals surface area contributed by atoms with Crippen LogP contribution in [0.15, 0.2) is 0 Å². The van der Waals surface area contributed by atoms with Crippen molar-refractivity contribution in [2.45, 2.75) is 33.9 Å². The summed E-state index contributed by atoms with van der Waals surface area (Å²) in [5.41, 5.74) is 0. The molecule has 0 fully saturated rings. The van der Waals surface area contributed by atoms with Crippen molar-refractivity contribution < 1.29 is 22.9 Å². The van der Waals surface area contributed by atoms with Crippen molar-refractivity contribution in [2.75, 3.05) is 19.3 Å². The molecule has 0 amide bonds. The molecule has 0 aromatic rings. The minimum absolute atomic E-state index is 0. The van der Waals surface area contributed by atoms with Gasteiger partial charge in [0.15, 0.2) is 0 Å². The first-order chi connectivity index (χ1) is 5.27. The van der Waals surface area contributed by atoms with Crippen LogP contribution in [0.1, 0.15) is 27.7 Å². The number of hydrogen-bond donors (Lipinski definition) is 1. The van der Waals surface area contributed by atoms with Gasteiger partial charge >= 0.3 is 0 Å². The van der Waals surface area contributed by atoms with Crippen molar-refractivity contribution >= 4 is 12.6 Å². The Morgan fingerprint density at radius 3 is 1.75 bits per heavy atom. The van der Waals surface area contributed by atoms with Crippen molar-refractivity contribution in [1.29, 1.82) is 0 Å². The van der Waals surface area contributed by atoms with E-state index in [-0.39, 0.29) is 18.6 Å². The normalized spacial score (nSPS) is 9.25. The molecule has 0 aromatic heterocycles. The fourth-order valence-electron chi connectivity index (χ4n) is 0.307. The van der Waals surface area contributed by atoms with Gasteiger partial charge in [-0.15, -0.1) is 6.54 Å². The van der Waals surface area contributed by atoms with Crippen LogP contribution >= 0.6 is 12.6 Å². The summed E-state index contributed by atoms with van der Waals surface area (Å²) in [7, 11) is 0. The smallest absolute Gasteiger partial charge is 0.0787 e. The minimum Gasteiger partial charge on any atom is -0.660 e. The average molecular weight is 233 g/mol. The molecule has 0 aliphatic rings. The van der Waals surface area contributed by atoms with Gasteiger partial charge in [0.25, 0.3) is 0 Å². The van der Waals surface area contributed by atoms with E-state index in [1.54, 1.807) is 6.26 Å². The second kappa shape index (κ2) is 29.7. The molecule has 1 unspecified atom stereocenters. The molecule has 1 nitrogen and oxygen atoms in total. The topological polar surface area (TPSA) is 14.1 Å². The predicted molar refractivity (Wildman–Crippen MR) is 55.6 cm³/mol. The van der Waals surface area contributed by atoms with Crippen LogP contribution in [0.25, 0.3) is 5.32 Å². The number of hydrogen-bond acceptors (Lipinski definition) is 1. The molecule has 0 rings (SSSR count).